The molecule has 5 nitrogen and oxygen atoms in total. The van der Waals surface area contributed by atoms with Crippen LogP contribution in [-0.4, -0.2) is 48.1 Å². The Morgan fingerprint density at radius 3 is 2.62 bits per heavy atom. The van der Waals surface area contributed by atoms with E-state index in [2.05, 4.69) is 15.5 Å². The van der Waals surface area contributed by atoms with Crippen LogP contribution in [0.5, 0.6) is 0 Å². The summed E-state index contributed by atoms with van der Waals surface area (Å²) in [5.74, 6) is -1.13. The summed E-state index contributed by atoms with van der Waals surface area (Å²) in [5, 5.41) is 5.61. The van der Waals surface area contributed by atoms with E-state index >= 15 is 0 Å². The number of carbonyl (C=O) groups is 2. The van der Waals surface area contributed by atoms with Gasteiger partial charge < -0.3 is 10.6 Å². The van der Waals surface area contributed by atoms with Gasteiger partial charge in [0.25, 0.3) is 0 Å². The number of hydrogen-bond donors (Lipinski definition) is 2. The van der Waals surface area contributed by atoms with E-state index in [1.165, 1.54) is 25.7 Å². The highest BCUT2D eigenvalue weighted by atomic mass is 32.2. The van der Waals surface area contributed by atoms with Gasteiger partial charge in [0.05, 0.1) is 5.69 Å². The van der Waals surface area contributed by atoms with Gasteiger partial charge in [0.15, 0.2) is 0 Å². The SMILES string of the molecule is CSc1ccccc1NC(=O)C(=O)N[C@H]1CCN(C2CCCC2)C1. The number of nitrogens with one attached hydrogen (secondary N) is 2. The number of carbonyl (C=O) groups excluding carboxylic acids is 2. The second-order valence-electron chi connectivity index (χ2n) is 6.55. The minimum atomic E-state index is -0.587. The van der Waals surface area contributed by atoms with Crippen LogP contribution < -0.4 is 10.6 Å². The number of hydrogen-bond acceptors (Lipinski definition) is 4. The van der Waals surface area contributed by atoms with E-state index in [0.29, 0.717) is 11.7 Å². The summed E-state index contributed by atoms with van der Waals surface area (Å²) in [7, 11) is 0. The molecule has 1 saturated carbocycles. The third-order valence-electron chi connectivity index (χ3n) is 4.96. The first-order valence-electron chi connectivity index (χ1n) is 8.66. The summed E-state index contributed by atoms with van der Waals surface area (Å²) < 4.78 is 0. The van der Waals surface area contributed by atoms with Crippen LogP contribution in [0.15, 0.2) is 29.2 Å². The van der Waals surface area contributed by atoms with Crippen LogP contribution in [0.2, 0.25) is 0 Å². The van der Waals surface area contributed by atoms with Crippen LogP contribution in [0.4, 0.5) is 5.69 Å². The molecule has 24 heavy (non-hydrogen) atoms. The highest BCUT2D eigenvalue weighted by Gasteiger charge is 2.31. The molecule has 0 bridgehead atoms. The lowest BCUT2D eigenvalue weighted by Crippen LogP contribution is -2.44. The number of thioether (sulfide) groups is 1. The lowest BCUT2D eigenvalue weighted by atomic mass is 10.2. The van der Waals surface area contributed by atoms with Crippen molar-refractivity contribution in [3.05, 3.63) is 24.3 Å². The van der Waals surface area contributed by atoms with Crippen molar-refractivity contribution in [2.45, 2.75) is 49.1 Å². The smallest absolute Gasteiger partial charge is 0.313 e. The van der Waals surface area contributed by atoms with Crippen molar-refractivity contribution in [3.63, 3.8) is 0 Å². The second kappa shape index (κ2) is 8.03. The van der Waals surface area contributed by atoms with Gasteiger partial charge >= 0.3 is 11.8 Å². The summed E-state index contributed by atoms with van der Waals surface area (Å²) in [6.07, 6.45) is 8.04. The minimum Gasteiger partial charge on any atom is -0.344 e. The maximum absolute atomic E-state index is 12.2. The molecule has 6 heteroatoms. The molecule has 1 aromatic rings. The van der Waals surface area contributed by atoms with Crippen LogP contribution in [-0.2, 0) is 9.59 Å². The summed E-state index contributed by atoms with van der Waals surface area (Å²) in [5.41, 5.74) is 0.684. The van der Waals surface area contributed by atoms with Crippen molar-refractivity contribution in [2.75, 3.05) is 24.7 Å². The Morgan fingerprint density at radius 1 is 1.12 bits per heavy atom. The molecule has 1 aliphatic heterocycles. The van der Waals surface area contributed by atoms with Crippen LogP contribution >= 0.6 is 11.8 Å². The average molecular weight is 347 g/mol. The zero-order chi connectivity index (χ0) is 16.9. The fourth-order valence-corrected chi connectivity index (χ4v) is 4.24. The number of para-hydroxylation sites is 1. The van der Waals surface area contributed by atoms with Crippen molar-refractivity contribution >= 4 is 29.3 Å². The maximum atomic E-state index is 12.2. The van der Waals surface area contributed by atoms with E-state index in [0.717, 1.165) is 24.4 Å². The van der Waals surface area contributed by atoms with E-state index in [-0.39, 0.29) is 6.04 Å². The molecule has 3 rings (SSSR count). The molecule has 2 fully saturated rings. The minimum absolute atomic E-state index is 0.0830. The van der Waals surface area contributed by atoms with Crippen molar-refractivity contribution in [2.24, 2.45) is 0 Å². The van der Waals surface area contributed by atoms with E-state index in [1.807, 2.05) is 30.5 Å². The van der Waals surface area contributed by atoms with Gasteiger partial charge in [-0.15, -0.1) is 11.8 Å². The maximum Gasteiger partial charge on any atom is 0.313 e. The second-order valence-corrected chi connectivity index (χ2v) is 7.39. The van der Waals surface area contributed by atoms with Gasteiger partial charge in [-0.2, -0.15) is 0 Å². The van der Waals surface area contributed by atoms with Gasteiger partial charge in [-0.25, -0.2) is 0 Å². The molecule has 2 aliphatic rings. The number of anilines is 1. The van der Waals surface area contributed by atoms with Crippen LogP contribution in [0, 0.1) is 0 Å². The highest BCUT2D eigenvalue weighted by Crippen LogP contribution is 2.27. The van der Waals surface area contributed by atoms with Gasteiger partial charge in [0.2, 0.25) is 0 Å². The summed E-state index contributed by atoms with van der Waals surface area (Å²) >= 11 is 1.54. The molecule has 1 saturated heterocycles. The molecular weight excluding hydrogens is 322 g/mol. The normalized spacial score (nSPS) is 21.8. The Bertz CT molecular complexity index is 602. The lowest BCUT2D eigenvalue weighted by molar-refractivity contribution is -0.136. The van der Waals surface area contributed by atoms with Crippen molar-refractivity contribution < 1.29 is 9.59 Å². The monoisotopic (exact) mass is 347 g/mol. The van der Waals surface area contributed by atoms with Gasteiger partial charge in [0.1, 0.15) is 0 Å². The van der Waals surface area contributed by atoms with Crippen LogP contribution in [0.3, 0.4) is 0 Å². The molecule has 0 spiro atoms. The van der Waals surface area contributed by atoms with Crippen molar-refractivity contribution in [1.29, 1.82) is 0 Å². The Hall–Kier alpha value is -1.53. The molecule has 1 aromatic carbocycles. The molecule has 0 radical (unpaired) electrons. The predicted octanol–water partition coefficient (Wildman–Crippen LogP) is 2.48. The molecule has 0 unspecified atom stereocenters. The van der Waals surface area contributed by atoms with E-state index in [4.69, 9.17) is 0 Å². The van der Waals surface area contributed by atoms with Gasteiger partial charge in [0, 0.05) is 30.1 Å². The van der Waals surface area contributed by atoms with Gasteiger partial charge in [-0.3, -0.25) is 14.5 Å². The van der Waals surface area contributed by atoms with Crippen molar-refractivity contribution in [3.8, 4) is 0 Å². The molecule has 130 valence electrons. The molecule has 1 heterocycles. The summed E-state index contributed by atoms with van der Waals surface area (Å²) in [4.78, 5) is 27.8. The first-order chi connectivity index (χ1) is 11.7. The Labute approximate surface area is 147 Å². The van der Waals surface area contributed by atoms with E-state index in [1.54, 1.807) is 11.8 Å². The first kappa shape index (κ1) is 17.3. The topological polar surface area (TPSA) is 61.4 Å². The Kier molecular flexibility index (Phi) is 5.79. The number of likely N-dealkylation sites (tertiary alicyclic amines) is 1. The standard InChI is InChI=1S/C18H25N3O2S/c1-24-16-9-5-4-8-15(16)20-18(23)17(22)19-13-10-11-21(12-13)14-6-2-3-7-14/h4-5,8-9,13-14H,2-3,6-7,10-12H2,1H3,(H,19,22)(H,20,23)/t13-/m0/s1. The fourth-order valence-electron chi connectivity index (χ4n) is 3.68. The predicted molar refractivity (Wildman–Crippen MR) is 97.2 cm³/mol. The van der Waals surface area contributed by atoms with Crippen LogP contribution in [0.25, 0.3) is 0 Å². The highest BCUT2D eigenvalue weighted by molar-refractivity contribution is 7.98. The fraction of sp³-hybridized carbons (Fsp3) is 0.556. The average Bonchev–Trinajstić information content (AvgIpc) is 3.26. The first-order valence-corrected chi connectivity index (χ1v) is 9.89. The number of benzene rings is 1. The number of amides is 2. The third kappa shape index (κ3) is 4.11. The van der Waals surface area contributed by atoms with Gasteiger partial charge in [-0.05, 0) is 37.7 Å². The lowest BCUT2D eigenvalue weighted by Gasteiger charge is -2.23. The molecule has 2 amide bonds. The molecule has 0 aromatic heterocycles. The molecular formula is C18H25N3O2S. The zero-order valence-corrected chi connectivity index (χ0v) is 14.9. The number of rotatable bonds is 4. The molecule has 1 aliphatic carbocycles. The van der Waals surface area contributed by atoms with Crippen molar-refractivity contribution in [1.82, 2.24) is 10.2 Å². The molecule has 2 N–H and O–H groups in total. The van der Waals surface area contributed by atoms with Gasteiger partial charge in [-0.1, -0.05) is 25.0 Å². The summed E-state index contributed by atoms with van der Waals surface area (Å²) in [6.45, 7) is 1.89. The third-order valence-corrected chi connectivity index (χ3v) is 5.75. The number of nitrogens with zero attached hydrogens (tertiary/aromatic N) is 1. The van der Waals surface area contributed by atoms with E-state index < -0.39 is 11.8 Å². The Morgan fingerprint density at radius 2 is 1.88 bits per heavy atom. The Balaban J connectivity index is 1.50. The largest absolute Gasteiger partial charge is 0.344 e. The van der Waals surface area contributed by atoms with E-state index in [9.17, 15) is 9.59 Å². The quantitative estimate of drug-likeness (QED) is 0.649. The zero-order valence-electron chi connectivity index (χ0n) is 14.1. The van der Waals surface area contributed by atoms with Crippen LogP contribution in [0.1, 0.15) is 32.1 Å². The summed E-state index contributed by atoms with van der Waals surface area (Å²) in [6, 6.07) is 8.26. The molecule has 1 atom stereocenters.